The fraction of sp³-hybridized carbons (Fsp3) is 0.294. The Morgan fingerprint density at radius 1 is 1.23 bits per heavy atom. The van der Waals surface area contributed by atoms with Crippen molar-refractivity contribution >= 4 is 12.1 Å². The number of allylic oxidation sites excluding steroid dienone is 2. The summed E-state index contributed by atoms with van der Waals surface area (Å²) in [5.41, 5.74) is 0.915. The molecule has 0 fully saturated rings. The van der Waals surface area contributed by atoms with Crippen LogP contribution in [0.3, 0.4) is 0 Å². The lowest BCUT2D eigenvalue weighted by atomic mass is 10.2. The van der Waals surface area contributed by atoms with Crippen molar-refractivity contribution in [1.82, 2.24) is 5.32 Å². The summed E-state index contributed by atoms with van der Waals surface area (Å²) in [4.78, 5) is 23.6. The Balaban J connectivity index is 2.48. The van der Waals surface area contributed by atoms with Crippen molar-refractivity contribution in [3.8, 4) is 0 Å². The molecular weight excluding hydrogens is 282 g/mol. The number of rotatable bonds is 6. The molecule has 0 bridgehead atoms. The number of esters is 1. The first-order valence-corrected chi connectivity index (χ1v) is 7.04. The van der Waals surface area contributed by atoms with Gasteiger partial charge in [-0.05, 0) is 32.4 Å². The third-order valence-electron chi connectivity index (χ3n) is 2.71. The maximum atomic E-state index is 11.9. The largest absolute Gasteiger partial charge is 0.454 e. The van der Waals surface area contributed by atoms with Gasteiger partial charge in [0, 0.05) is 0 Å². The Kier molecular flexibility index (Phi) is 7.47. The first-order valence-electron chi connectivity index (χ1n) is 7.04. The molecule has 0 saturated carbocycles. The van der Waals surface area contributed by atoms with Crippen LogP contribution in [-0.4, -0.2) is 18.2 Å². The lowest BCUT2D eigenvalue weighted by molar-refractivity contribution is -0.141. The van der Waals surface area contributed by atoms with Crippen LogP contribution in [0.25, 0.3) is 0 Å². The van der Waals surface area contributed by atoms with Gasteiger partial charge in [0.25, 0.3) is 0 Å². The highest BCUT2D eigenvalue weighted by atomic mass is 16.6. The average Bonchev–Trinajstić information content (AvgIpc) is 2.51. The molecule has 1 unspecified atom stereocenters. The highest BCUT2D eigenvalue weighted by molar-refractivity contribution is 5.92. The number of ether oxygens (including phenoxy) is 2. The Hall–Kier alpha value is -2.56. The summed E-state index contributed by atoms with van der Waals surface area (Å²) in [5, 5.41) is 2.39. The Bertz CT molecular complexity index is 549. The highest BCUT2D eigenvalue weighted by Gasteiger charge is 2.16. The number of benzene rings is 1. The molecule has 5 heteroatoms. The van der Waals surface area contributed by atoms with Gasteiger partial charge in [0.05, 0.1) is 0 Å². The first kappa shape index (κ1) is 17.5. The van der Waals surface area contributed by atoms with Crippen molar-refractivity contribution in [1.29, 1.82) is 0 Å². The van der Waals surface area contributed by atoms with E-state index in [0.29, 0.717) is 0 Å². The predicted molar refractivity (Wildman–Crippen MR) is 83.9 cm³/mol. The fourth-order valence-corrected chi connectivity index (χ4v) is 1.65. The summed E-state index contributed by atoms with van der Waals surface area (Å²) < 4.78 is 10.2. The van der Waals surface area contributed by atoms with Crippen molar-refractivity contribution in [2.75, 3.05) is 0 Å². The van der Waals surface area contributed by atoms with E-state index in [1.54, 1.807) is 26.0 Å². The van der Waals surface area contributed by atoms with Crippen molar-refractivity contribution in [3.05, 3.63) is 59.8 Å². The summed E-state index contributed by atoms with van der Waals surface area (Å²) in [6, 6.07) is 9.28. The number of amides is 1. The average molecular weight is 303 g/mol. The molecule has 1 N–H and O–H groups in total. The zero-order chi connectivity index (χ0) is 16.4. The van der Waals surface area contributed by atoms with Gasteiger partial charge in [-0.25, -0.2) is 9.59 Å². The molecule has 22 heavy (non-hydrogen) atoms. The molecule has 1 aromatic carbocycles. The van der Waals surface area contributed by atoms with E-state index in [0.717, 1.165) is 5.56 Å². The van der Waals surface area contributed by atoms with Gasteiger partial charge in [0.1, 0.15) is 18.4 Å². The minimum atomic E-state index is -0.701. The van der Waals surface area contributed by atoms with Crippen molar-refractivity contribution in [2.24, 2.45) is 0 Å². The molecule has 0 aliphatic rings. The normalized spacial score (nSPS) is 12.8. The summed E-state index contributed by atoms with van der Waals surface area (Å²) in [6.45, 7) is 5.33. The van der Waals surface area contributed by atoms with Crippen molar-refractivity contribution in [3.63, 3.8) is 0 Å². The minimum absolute atomic E-state index is 0.0504. The van der Waals surface area contributed by atoms with Crippen LogP contribution in [0.2, 0.25) is 0 Å². The third-order valence-corrected chi connectivity index (χ3v) is 2.71. The minimum Gasteiger partial charge on any atom is -0.454 e. The maximum Gasteiger partial charge on any atom is 0.412 e. The predicted octanol–water partition coefficient (Wildman–Crippen LogP) is 3.32. The van der Waals surface area contributed by atoms with E-state index in [1.165, 1.54) is 6.08 Å². The quantitative estimate of drug-likeness (QED) is 0.497. The Labute approximate surface area is 130 Å². The van der Waals surface area contributed by atoms with Crippen molar-refractivity contribution < 1.29 is 19.1 Å². The van der Waals surface area contributed by atoms with Gasteiger partial charge in [-0.1, -0.05) is 42.5 Å². The maximum absolute atomic E-state index is 11.9. The highest BCUT2D eigenvalue weighted by Crippen LogP contribution is 2.03. The topological polar surface area (TPSA) is 64.6 Å². The second-order valence-electron chi connectivity index (χ2n) is 4.53. The van der Waals surface area contributed by atoms with E-state index in [9.17, 15) is 9.59 Å². The number of nitrogens with one attached hydrogen (secondary N) is 1. The third kappa shape index (κ3) is 6.26. The molecule has 0 saturated heterocycles. The van der Waals surface area contributed by atoms with E-state index >= 15 is 0 Å². The van der Waals surface area contributed by atoms with E-state index in [4.69, 9.17) is 9.47 Å². The lowest BCUT2D eigenvalue weighted by Crippen LogP contribution is -2.30. The number of hydrogen-bond donors (Lipinski definition) is 1. The molecule has 0 radical (unpaired) electrons. The van der Waals surface area contributed by atoms with Gasteiger partial charge >= 0.3 is 12.1 Å². The molecule has 1 rings (SSSR count). The molecule has 0 aliphatic carbocycles. The molecule has 1 aromatic rings. The van der Waals surface area contributed by atoms with Gasteiger partial charge in [-0.3, -0.25) is 5.32 Å². The lowest BCUT2D eigenvalue weighted by Gasteiger charge is -2.12. The monoisotopic (exact) mass is 303 g/mol. The molecule has 118 valence electrons. The smallest absolute Gasteiger partial charge is 0.412 e. The number of carbonyl (C=O) groups is 2. The van der Waals surface area contributed by atoms with Gasteiger partial charge < -0.3 is 9.47 Å². The second-order valence-corrected chi connectivity index (χ2v) is 4.53. The SMILES string of the molecule is C/C=C(\NC(=O)OCc1ccccc1)C(=O)OC(C)/C=C/C. The molecular formula is C17H21NO4. The molecule has 1 atom stereocenters. The fourth-order valence-electron chi connectivity index (χ4n) is 1.65. The van der Waals surface area contributed by atoms with E-state index < -0.39 is 12.1 Å². The molecule has 0 heterocycles. The molecule has 0 spiro atoms. The number of alkyl carbamates (subject to hydrolysis) is 1. The van der Waals surface area contributed by atoms with Crippen LogP contribution in [-0.2, 0) is 20.9 Å². The molecule has 5 nitrogen and oxygen atoms in total. The van der Waals surface area contributed by atoms with Gasteiger partial charge in [-0.15, -0.1) is 0 Å². The van der Waals surface area contributed by atoms with Crippen LogP contribution in [0.1, 0.15) is 26.3 Å². The Morgan fingerprint density at radius 3 is 2.50 bits per heavy atom. The van der Waals surface area contributed by atoms with Crippen molar-refractivity contribution in [2.45, 2.75) is 33.5 Å². The number of hydrogen-bond acceptors (Lipinski definition) is 4. The first-order chi connectivity index (χ1) is 10.6. The zero-order valence-corrected chi connectivity index (χ0v) is 13.0. The Morgan fingerprint density at radius 2 is 1.91 bits per heavy atom. The summed E-state index contributed by atoms with van der Waals surface area (Å²) in [5.74, 6) is -0.607. The van der Waals surface area contributed by atoms with Gasteiger partial charge in [0.2, 0.25) is 0 Å². The summed E-state index contributed by atoms with van der Waals surface area (Å²) in [6.07, 6.45) is 3.92. The van der Waals surface area contributed by atoms with E-state index in [2.05, 4.69) is 5.32 Å². The standard InChI is InChI=1S/C17H21NO4/c1-4-9-13(3)22-16(19)15(5-2)18-17(20)21-12-14-10-7-6-8-11-14/h4-11,13H,12H2,1-3H3,(H,18,20)/b9-4+,15-5-. The van der Waals surface area contributed by atoms with Crippen LogP contribution >= 0.6 is 0 Å². The second kappa shape index (κ2) is 9.39. The van der Waals surface area contributed by atoms with Crippen LogP contribution < -0.4 is 5.32 Å². The van der Waals surface area contributed by atoms with Crippen LogP contribution in [0.5, 0.6) is 0 Å². The summed E-state index contributed by atoms with van der Waals surface area (Å²) in [7, 11) is 0. The molecule has 1 amide bonds. The summed E-state index contributed by atoms with van der Waals surface area (Å²) >= 11 is 0. The molecule has 0 aromatic heterocycles. The van der Waals surface area contributed by atoms with E-state index in [1.807, 2.05) is 37.3 Å². The zero-order valence-electron chi connectivity index (χ0n) is 13.0. The van der Waals surface area contributed by atoms with Crippen LogP contribution in [0.4, 0.5) is 4.79 Å². The van der Waals surface area contributed by atoms with Gasteiger partial charge in [-0.2, -0.15) is 0 Å². The number of carbonyl (C=O) groups excluding carboxylic acids is 2. The molecule has 0 aliphatic heterocycles. The van der Waals surface area contributed by atoms with Crippen LogP contribution in [0, 0.1) is 0 Å². The van der Waals surface area contributed by atoms with Crippen LogP contribution in [0.15, 0.2) is 54.3 Å². The van der Waals surface area contributed by atoms with Gasteiger partial charge in [0.15, 0.2) is 0 Å². The van der Waals surface area contributed by atoms with E-state index in [-0.39, 0.29) is 18.4 Å².